The van der Waals surface area contributed by atoms with Gasteiger partial charge in [0.1, 0.15) is 5.54 Å². The predicted octanol–water partition coefficient (Wildman–Crippen LogP) is 0.959. The van der Waals surface area contributed by atoms with E-state index >= 15 is 0 Å². The van der Waals surface area contributed by atoms with Crippen LogP contribution >= 0.6 is 0 Å². The maximum absolute atomic E-state index is 8.82. The highest BCUT2D eigenvalue weighted by molar-refractivity contribution is 5.07. The zero-order valence-corrected chi connectivity index (χ0v) is 8.58. The van der Waals surface area contributed by atoms with E-state index in [1.165, 1.54) is 0 Å². The zero-order valence-electron chi connectivity index (χ0n) is 8.58. The molecular formula is C10H19N3. The lowest BCUT2D eigenvalue weighted by molar-refractivity contribution is 0.171. The number of hydrogen-bond donors (Lipinski definition) is 1. The molecule has 1 saturated heterocycles. The number of nitrogens with two attached hydrogens (primary N) is 1. The van der Waals surface area contributed by atoms with Crippen molar-refractivity contribution in [3.63, 3.8) is 0 Å². The molecule has 13 heavy (non-hydrogen) atoms. The summed E-state index contributed by atoms with van der Waals surface area (Å²) in [5.74, 6) is 0.701. The summed E-state index contributed by atoms with van der Waals surface area (Å²) in [4.78, 5) is 2.40. The van der Waals surface area contributed by atoms with Gasteiger partial charge in [-0.05, 0) is 18.8 Å². The summed E-state index contributed by atoms with van der Waals surface area (Å²) in [6.45, 7) is 7.51. The van der Waals surface area contributed by atoms with Crippen molar-refractivity contribution in [2.75, 3.05) is 19.6 Å². The first kappa shape index (κ1) is 10.5. The van der Waals surface area contributed by atoms with Crippen molar-refractivity contribution in [1.29, 1.82) is 5.26 Å². The quantitative estimate of drug-likeness (QED) is 0.690. The summed E-state index contributed by atoms with van der Waals surface area (Å²) in [5.41, 5.74) is 5.32. The number of nitrogens with zero attached hydrogens (tertiary/aromatic N) is 2. The van der Waals surface area contributed by atoms with Crippen molar-refractivity contribution in [1.82, 2.24) is 4.90 Å². The normalized spacial score (nSPS) is 23.0. The van der Waals surface area contributed by atoms with Crippen molar-refractivity contribution >= 4 is 0 Å². The van der Waals surface area contributed by atoms with Gasteiger partial charge in [0.25, 0.3) is 0 Å². The first-order chi connectivity index (χ1) is 6.06. The Morgan fingerprint density at radius 1 is 1.46 bits per heavy atom. The van der Waals surface area contributed by atoms with Crippen LogP contribution in [-0.2, 0) is 0 Å². The van der Waals surface area contributed by atoms with Crippen molar-refractivity contribution in [3.05, 3.63) is 0 Å². The number of piperidine rings is 1. The van der Waals surface area contributed by atoms with E-state index in [9.17, 15) is 0 Å². The second-order valence-electron chi connectivity index (χ2n) is 4.46. The van der Waals surface area contributed by atoms with E-state index in [1.54, 1.807) is 0 Å². The Bertz CT molecular complexity index is 197. The second kappa shape index (κ2) is 4.08. The molecule has 0 aromatic heterocycles. The Balaban J connectivity index is 2.36. The molecule has 3 nitrogen and oxygen atoms in total. The Labute approximate surface area is 80.5 Å². The van der Waals surface area contributed by atoms with Gasteiger partial charge in [-0.25, -0.2) is 0 Å². The molecule has 0 amide bonds. The molecule has 3 heteroatoms. The molecule has 1 heterocycles. The summed E-state index contributed by atoms with van der Waals surface area (Å²) in [6, 6.07) is 2.21. The molecule has 1 rings (SSSR count). The average molecular weight is 181 g/mol. The third-order valence-electron chi connectivity index (χ3n) is 2.59. The van der Waals surface area contributed by atoms with Crippen LogP contribution in [0.5, 0.6) is 0 Å². The van der Waals surface area contributed by atoms with Crippen LogP contribution in [-0.4, -0.2) is 30.1 Å². The highest BCUT2D eigenvalue weighted by atomic mass is 15.1. The van der Waals surface area contributed by atoms with Crippen molar-refractivity contribution in [3.8, 4) is 6.07 Å². The van der Waals surface area contributed by atoms with E-state index in [4.69, 9.17) is 11.0 Å². The van der Waals surface area contributed by atoms with Crippen LogP contribution < -0.4 is 5.73 Å². The Morgan fingerprint density at radius 3 is 2.38 bits per heavy atom. The molecule has 2 N–H and O–H groups in total. The summed E-state index contributed by atoms with van der Waals surface area (Å²) < 4.78 is 0. The van der Waals surface area contributed by atoms with Gasteiger partial charge in [0.2, 0.25) is 0 Å². The second-order valence-corrected chi connectivity index (χ2v) is 4.46. The molecule has 0 aromatic rings. The van der Waals surface area contributed by atoms with Gasteiger partial charge >= 0.3 is 0 Å². The lowest BCUT2D eigenvalue weighted by atomic mass is 9.90. The summed E-state index contributed by atoms with van der Waals surface area (Å²) in [6.07, 6.45) is 1.63. The van der Waals surface area contributed by atoms with E-state index < -0.39 is 5.54 Å². The van der Waals surface area contributed by atoms with Gasteiger partial charge in [0, 0.05) is 19.6 Å². The van der Waals surface area contributed by atoms with Crippen LogP contribution in [0.2, 0.25) is 0 Å². The van der Waals surface area contributed by atoms with Gasteiger partial charge in [-0.1, -0.05) is 13.8 Å². The Morgan fingerprint density at radius 2 is 2.00 bits per heavy atom. The summed E-state index contributed by atoms with van der Waals surface area (Å²) >= 11 is 0. The molecule has 0 spiro atoms. The third kappa shape index (κ3) is 2.98. The fourth-order valence-electron chi connectivity index (χ4n) is 1.76. The smallest absolute Gasteiger partial charge is 0.106 e. The van der Waals surface area contributed by atoms with Crippen molar-refractivity contribution < 1.29 is 0 Å². The van der Waals surface area contributed by atoms with Gasteiger partial charge in [0.05, 0.1) is 6.07 Å². The molecule has 0 atom stereocenters. The first-order valence-corrected chi connectivity index (χ1v) is 4.98. The van der Waals surface area contributed by atoms with Crippen LogP contribution in [0.1, 0.15) is 26.7 Å². The molecule has 1 aliphatic rings. The van der Waals surface area contributed by atoms with E-state index in [-0.39, 0.29) is 0 Å². The van der Waals surface area contributed by atoms with E-state index in [2.05, 4.69) is 24.8 Å². The minimum atomic E-state index is -0.548. The summed E-state index contributed by atoms with van der Waals surface area (Å²) in [5, 5.41) is 8.82. The van der Waals surface area contributed by atoms with Crippen LogP contribution in [0.25, 0.3) is 0 Å². The molecule has 0 unspecified atom stereocenters. The number of nitriles is 1. The maximum Gasteiger partial charge on any atom is 0.106 e. The predicted molar refractivity (Wildman–Crippen MR) is 53.0 cm³/mol. The van der Waals surface area contributed by atoms with E-state index in [1.807, 2.05) is 0 Å². The van der Waals surface area contributed by atoms with Crippen LogP contribution in [0.15, 0.2) is 0 Å². The Kier molecular flexibility index (Phi) is 3.29. The zero-order chi connectivity index (χ0) is 9.90. The van der Waals surface area contributed by atoms with Crippen LogP contribution in [0, 0.1) is 17.2 Å². The number of rotatable bonds is 2. The van der Waals surface area contributed by atoms with Gasteiger partial charge in [-0.3, -0.25) is 0 Å². The molecule has 1 fully saturated rings. The van der Waals surface area contributed by atoms with Crippen LogP contribution in [0.3, 0.4) is 0 Å². The van der Waals surface area contributed by atoms with Gasteiger partial charge in [-0.15, -0.1) is 0 Å². The highest BCUT2D eigenvalue weighted by Gasteiger charge is 2.30. The first-order valence-electron chi connectivity index (χ1n) is 4.98. The molecule has 74 valence electrons. The van der Waals surface area contributed by atoms with Crippen LogP contribution in [0.4, 0.5) is 0 Å². The monoisotopic (exact) mass is 181 g/mol. The molecule has 0 aromatic carbocycles. The third-order valence-corrected chi connectivity index (χ3v) is 2.59. The molecule has 0 saturated carbocycles. The topological polar surface area (TPSA) is 53.0 Å². The molecule has 0 bridgehead atoms. The van der Waals surface area contributed by atoms with Gasteiger partial charge in [-0.2, -0.15) is 5.26 Å². The fraction of sp³-hybridized carbons (Fsp3) is 0.900. The van der Waals surface area contributed by atoms with Crippen molar-refractivity contribution in [2.45, 2.75) is 32.2 Å². The minimum Gasteiger partial charge on any atom is -0.313 e. The Hall–Kier alpha value is -0.590. The molecular weight excluding hydrogens is 162 g/mol. The lowest BCUT2D eigenvalue weighted by Gasteiger charge is -2.35. The van der Waals surface area contributed by atoms with Gasteiger partial charge < -0.3 is 10.6 Å². The van der Waals surface area contributed by atoms with E-state index in [0.717, 1.165) is 32.5 Å². The van der Waals surface area contributed by atoms with Gasteiger partial charge in [0.15, 0.2) is 0 Å². The van der Waals surface area contributed by atoms with E-state index in [0.29, 0.717) is 5.92 Å². The minimum absolute atomic E-state index is 0.548. The lowest BCUT2D eigenvalue weighted by Crippen LogP contribution is -2.50. The number of hydrogen-bond acceptors (Lipinski definition) is 3. The number of likely N-dealkylation sites (tertiary alicyclic amines) is 1. The molecule has 0 radical (unpaired) electrons. The van der Waals surface area contributed by atoms with Crippen molar-refractivity contribution in [2.24, 2.45) is 11.7 Å². The molecule has 0 aliphatic carbocycles. The highest BCUT2D eigenvalue weighted by Crippen LogP contribution is 2.19. The molecule has 1 aliphatic heterocycles. The fourth-order valence-corrected chi connectivity index (χ4v) is 1.76. The largest absolute Gasteiger partial charge is 0.313 e. The standard InChI is InChI=1S/C10H19N3/c1-9(2)7-13-5-3-10(12,8-11)4-6-13/h9H,3-7,12H2,1-2H3. The average Bonchev–Trinajstić information content (AvgIpc) is 2.09. The SMILES string of the molecule is CC(C)CN1CCC(N)(C#N)CC1. The summed E-state index contributed by atoms with van der Waals surface area (Å²) in [7, 11) is 0. The maximum atomic E-state index is 8.82.